The van der Waals surface area contributed by atoms with Crippen LogP contribution in [0.5, 0.6) is 6.01 Å². The van der Waals surface area contributed by atoms with Crippen LogP contribution in [-0.4, -0.2) is 96.1 Å². The number of ether oxygens (including phenoxy) is 1. The molecular formula is C36H41ClF3N7O2. The van der Waals surface area contributed by atoms with E-state index in [1.807, 2.05) is 61.0 Å². The van der Waals surface area contributed by atoms with Crippen molar-refractivity contribution in [1.82, 2.24) is 19.8 Å². The lowest BCUT2D eigenvalue weighted by Crippen LogP contribution is -2.57. The standard InChI is InChI=1S/C36H41ClF3N7O2/c1-22(19-44(5)24(3)26-16-36(39,40)17-26)49-35-42-30-21-45(31-11-7-9-25-8-6-10-29(37)32(25)31)13-12-28(30)33(43-35)46-14-15-47(34(48)23(2)38)27(20-46)18-41-4/h6-11,22,24,26-27H,2,12-21H2,1,3,5H3/t22-,24-,27-/m0/s1. The fraction of sp³-hybridized carbons (Fsp3) is 0.500. The highest BCUT2D eigenvalue weighted by Gasteiger charge is 2.48. The van der Waals surface area contributed by atoms with Crippen molar-refractivity contribution in [3.05, 3.63) is 76.5 Å². The van der Waals surface area contributed by atoms with Crippen molar-refractivity contribution in [2.45, 2.75) is 63.8 Å². The molecule has 1 saturated heterocycles. The summed E-state index contributed by atoms with van der Waals surface area (Å²) in [6, 6.07) is 11.6. The van der Waals surface area contributed by atoms with Crippen LogP contribution >= 0.6 is 11.6 Å². The molecule has 0 N–H and O–H groups in total. The number of likely N-dealkylation sites (N-methyl/N-ethyl adjacent to an activating group) is 1. The summed E-state index contributed by atoms with van der Waals surface area (Å²) >= 11 is 6.70. The molecule has 9 nitrogen and oxygen atoms in total. The molecule has 1 aromatic heterocycles. The smallest absolute Gasteiger partial charge is 0.318 e. The van der Waals surface area contributed by atoms with E-state index in [0.717, 1.165) is 27.7 Å². The van der Waals surface area contributed by atoms with E-state index in [9.17, 15) is 18.0 Å². The third kappa shape index (κ3) is 7.29. The van der Waals surface area contributed by atoms with Crippen LogP contribution in [0.2, 0.25) is 5.02 Å². The number of alkyl halides is 2. The molecule has 2 fully saturated rings. The van der Waals surface area contributed by atoms with E-state index in [0.29, 0.717) is 43.4 Å². The highest BCUT2D eigenvalue weighted by molar-refractivity contribution is 6.36. The van der Waals surface area contributed by atoms with Gasteiger partial charge in [0.05, 0.1) is 17.3 Å². The van der Waals surface area contributed by atoms with E-state index in [-0.39, 0.29) is 56.6 Å². The van der Waals surface area contributed by atoms with Crippen LogP contribution < -0.4 is 14.5 Å². The molecule has 3 aliphatic rings. The largest absolute Gasteiger partial charge is 0.459 e. The number of anilines is 2. The molecule has 0 radical (unpaired) electrons. The number of halogens is 4. The number of aromatic nitrogens is 2. The van der Waals surface area contributed by atoms with E-state index in [1.54, 1.807) is 0 Å². The minimum Gasteiger partial charge on any atom is -0.459 e. The second-order valence-electron chi connectivity index (χ2n) is 13.5. The van der Waals surface area contributed by atoms with Crippen LogP contribution in [0.1, 0.15) is 37.9 Å². The Morgan fingerprint density at radius 3 is 2.59 bits per heavy atom. The summed E-state index contributed by atoms with van der Waals surface area (Å²) in [6.45, 7) is 17.1. The summed E-state index contributed by atoms with van der Waals surface area (Å²) in [4.78, 5) is 33.6. The molecule has 49 heavy (non-hydrogen) atoms. The summed E-state index contributed by atoms with van der Waals surface area (Å²) in [5, 5.41) is 2.67. The van der Waals surface area contributed by atoms with Crippen LogP contribution in [0.25, 0.3) is 15.6 Å². The van der Waals surface area contributed by atoms with Gasteiger partial charge in [0.25, 0.3) is 5.91 Å². The fourth-order valence-corrected chi connectivity index (χ4v) is 7.66. The van der Waals surface area contributed by atoms with Gasteiger partial charge in [-0.25, -0.2) is 19.7 Å². The van der Waals surface area contributed by atoms with Gasteiger partial charge in [0.2, 0.25) is 12.5 Å². The lowest BCUT2D eigenvalue weighted by atomic mass is 9.76. The Hall–Kier alpha value is -4.08. The molecule has 1 saturated carbocycles. The molecule has 0 bridgehead atoms. The molecular weight excluding hydrogens is 655 g/mol. The quantitative estimate of drug-likeness (QED) is 0.180. The van der Waals surface area contributed by atoms with Gasteiger partial charge in [-0.05, 0) is 50.8 Å². The van der Waals surface area contributed by atoms with Gasteiger partial charge in [-0.15, -0.1) is 0 Å². The number of rotatable bonds is 10. The Bertz CT molecular complexity index is 1770. The highest BCUT2D eigenvalue weighted by Crippen LogP contribution is 2.45. The normalized spacial score (nSPS) is 20.4. The third-order valence-electron chi connectivity index (χ3n) is 10.1. The number of benzene rings is 2. The third-order valence-corrected chi connectivity index (χ3v) is 10.4. The first-order valence-corrected chi connectivity index (χ1v) is 17.0. The number of fused-ring (bicyclic) bond motifs is 2. The zero-order valence-corrected chi connectivity index (χ0v) is 28.8. The van der Waals surface area contributed by atoms with Gasteiger partial charge in [0, 0.05) is 68.2 Å². The lowest BCUT2D eigenvalue weighted by molar-refractivity contribution is -0.131. The molecule has 0 unspecified atom stereocenters. The van der Waals surface area contributed by atoms with E-state index < -0.39 is 23.7 Å². The Kier molecular flexibility index (Phi) is 9.96. The average molecular weight is 696 g/mol. The van der Waals surface area contributed by atoms with E-state index in [4.69, 9.17) is 32.9 Å². The van der Waals surface area contributed by atoms with Gasteiger partial charge in [-0.3, -0.25) is 9.69 Å². The van der Waals surface area contributed by atoms with Crippen LogP contribution in [0.15, 0.2) is 48.8 Å². The summed E-state index contributed by atoms with van der Waals surface area (Å²) in [7, 11) is 1.91. The Balaban J connectivity index is 1.29. The van der Waals surface area contributed by atoms with Crippen molar-refractivity contribution in [2.75, 3.05) is 56.1 Å². The minimum atomic E-state index is -2.58. The fourth-order valence-electron chi connectivity index (χ4n) is 7.38. The van der Waals surface area contributed by atoms with Crippen molar-refractivity contribution in [2.24, 2.45) is 5.92 Å². The number of hydrogen-bond donors (Lipinski definition) is 0. The first-order valence-electron chi connectivity index (χ1n) is 16.7. The first-order chi connectivity index (χ1) is 23.3. The molecule has 6 rings (SSSR count). The maximum Gasteiger partial charge on any atom is 0.318 e. The molecule has 260 valence electrons. The maximum atomic E-state index is 13.9. The van der Waals surface area contributed by atoms with Crippen molar-refractivity contribution < 1.29 is 22.7 Å². The zero-order valence-electron chi connectivity index (χ0n) is 28.0. The first kappa shape index (κ1) is 34.8. The van der Waals surface area contributed by atoms with Crippen molar-refractivity contribution in [3.63, 3.8) is 0 Å². The summed E-state index contributed by atoms with van der Waals surface area (Å²) in [5.74, 6) is -3.83. The Morgan fingerprint density at radius 1 is 1.16 bits per heavy atom. The van der Waals surface area contributed by atoms with Gasteiger partial charge >= 0.3 is 6.01 Å². The Labute approximate surface area is 290 Å². The minimum absolute atomic E-state index is 0.0102. The monoisotopic (exact) mass is 695 g/mol. The molecule has 3 aromatic rings. The molecule has 3 atom stereocenters. The second-order valence-corrected chi connectivity index (χ2v) is 13.9. The number of carbonyl (C=O) groups is 1. The number of nitrogens with zero attached hydrogens (tertiary/aromatic N) is 7. The van der Waals surface area contributed by atoms with Gasteiger partial charge < -0.3 is 24.3 Å². The Morgan fingerprint density at radius 2 is 1.90 bits per heavy atom. The van der Waals surface area contributed by atoms with Crippen LogP contribution in [0.3, 0.4) is 0 Å². The number of piperazine rings is 1. The van der Waals surface area contributed by atoms with E-state index in [2.05, 4.69) is 22.4 Å². The highest BCUT2D eigenvalue weighted by atomic mass is 35.5. The van der Waals surface area contributed by atoms with Crippen LogP contribution in [-0.2, 0) is 17.8 Å². The van der Waals surface area contributed by atoms with E-state index >= 15 is 0 Å². The van der Waals surface area contributed by atoms with Gasteiger partial charge in [0.15, 0.2) is 5.83 Å². The average Bonchev–Trinajstić information content (AvgIpc) is 3.05. The second kappa shape index (κ2) is 14.0. The molecule has 13 heteroatoms. The molecule has 1 aliphatic carbocycles. The predicted octanol–water partition coefficient (Wildman–Crippen LogP) is 6.40. The van der Waals surface area contributed by atoms with Crippen molar-refractivity contribution in [3.8, 4) is 6.01 Å². The van der Waals surface area contributed by atoms with Crippen molar-refractivity contribution in [1.29, 1.82) is 0 Å². The molecule has 3 heterocycles. The summed E-state index contributed by atoms with van der Waals surface area (Å²) in [6.07, 6.45) is 0.0731. The van der Waals surface area contributed by atoms with E-state index in [1.165, 1.54) is 4.90 Å². The zero-order chi connectivity index (χ0) is 35.0. The van der Waals surface area contributed by atoms with Gasteiger partial charge in [-0.1, -0.05) is 42.4 Å². The maximum absolute atomic E-state index is 13.9. The number of carbonyl (C=O) groups excluding carboxylic acids is 1. The summed E-state index contributed by atoms with van der Waals surface area (Å²) < 4.78 is 47.4. The van der Waals surface area contributed by atoms with Gasteiger partial charge in [-0.2, -0.15) is 9.97 Å². The SMILES string of the molecule is [C-]#[N+]C[C@H]1CN(c2nc(O[C@@H](C)CN(C)[C@@H](C)C3CC(F)(F)C3)nc3c2CCN(c2cccc4cccc(Cl)c24)C3)CCN1C(=O)C(=C)F. The topological polar surface area (TPSA) is 69.4 Å². The lowest BCUT2D eigenvalue weighted by Gasteiger charge is -2.42. The molecule has 2 aliphatic heterocycles. The number of amides is 1. The summed E-state index contributed by atoms with van der Waals surface area (Å²) in [5.41, 5.74) is 2.74. The van der Waals surface area contributed by atoms with Crippen molar-refractivity contribution >= 4 is 39.8 Å². The molecule has 2 aromatic carbocycles. The molecule has 0 spiro atoms. The van der Waals surface area contributed by atoms with Gasteiger partial charge in [0.1, 0.15) is 18.0 Å². The molecule has 1 amide bonds. The van der Waals surface area contributed by atoms with Crippen LogP contribution in [0, 0.1) is 12.5 Å². The number of hydrogen-bond acceptors (Lipinski definition) is 7. The predicted molar refractivity (Wildman–Crippen MR) is 185 cm³/mol. The van der Waals surface area contributed by atoms with Crippen LogP contribution in [0.4, 0.5) is 24.7 Å².